The summed E-state index contributed by atoms with van der Waals surface area (Å²) in [5, 5.41) is 3.52. The van der Waals surface area contributed by atoms with Gasteiger partial charge >= 0.3 is 0 Å². The van der Waals surface area contributed by atoms with Gasteiger partial charge in [0.05, 0.1) is 6.04 Å². The summed E-state index contributed by atoms with van der Waals surface area (Å²) in [4.78, 5) is 2.77. The zero-order valence-electron chi connectivity index (χ0n) is 12.0. The second-order valence-corrected chi connectivity index (χ2v) is 6.67. The largest absolute Gasteiger partial charge is 0.329 e. The molecule has 0 radical (unpaired) electrons. The molecule has 3 heteroatoms. The standard InChI is InChI=1S/C15H26N2S/c1-5-6-7-10-17-12(11-16)13-8-9-14(18-13)15(2,3)4/h5-6,8-9,12,17H,7,10-11,16H2,1-4H3/b6-5+. The summed E-state index contributed by atoms with van der Waals surface area (Å²) in [6.07, 6.45) is 5.32. The predicted molar refractivity (Wildman–Crippen MR) is 82.2 cm³/mol. The molecule has 1 aromatic heterocycles. The summed E-state index contributed by atoms with van der Waals surface area (Å²) in [6.45, 7) is 10.4. The first-order valence-corrected chi connectivity index (χ1v) is 7.45. The number of allylic oxidation sites excluding steroid dienone is 1. The van der Waals surface area contributed by atoms with E-state index in [2.05, 4.69) is 57.3 Å². The Hall–Kier alpha value is -0.640. The Balaban J connectivity index is 2.62. The van der Waals surface area contributed by atoms with Gasteiger partial charge in [-0.15, -0.1) is 11.3 Å². The highest BCUT2D eigenvalue weighted by Crippen LogP contribution is 2.32. The zero-order valence-corrected chi connectivity index (χ0v) is 12.8. The van der Waals surface area contributed by atoms with Gasteiger partial charge in [-0.25, -0.2) is 0 Å². The lowest BCUT2D eigenvalue weighted by atomic mass is 9.95. The Labute approximate surface area is 115 Å². The molecule has 0 spiro atoms. The molecule has 2 nitrogen and oxygen atoms in total. The van der Waals surface area contributed by atoms with Gasteiger partial charge in [0.25, 0.3) is 0 Å². The minimum Gasteiger partial charge on any atom is -0.329 e. The van der Waals surface area contributed by atoms with Crippen molar-refractivity contribution in [3.8, 4) is 0 Å². The Morgan fingerprint density at radius 1 is 1.39 bits per heavy atom. The smallest absolute Gasteiger partial charge is 0.0539 e. The topological polar surface area (TPSA) is 38.0 Å². The summed E-state index contributed by atoms with van der Waals surface area (Å²) < 4.78 is 0. The van der Waals surface area contributed by atoms with E-state index >= 15 is 0 Å². The Kier molecular flexibility index (Phi) is 6.06. The number of hydrogen-bond donors (Lipinski definition) is 2. The van der Waals surface area contributed by atoms with Gasteiger partial charge in [0.15, 0.2) is 0 Å². The van der Waals surface area contributed by atoms with Crippen LogP contribution in [0.2, 0.25) is 0 Å². The third-order valence-electron chi connectivity index (χ3n) is 2.88. The molecule has 18 heavy (non-hydrogen) atoms. The second kappa shape index (κ2) is 7.07. The SMILES string of the molecule is C/C=C/CCNC(CN)c1ccc(C(C)(C)C)s1. The second-order valence-electron chi connectivity index (χ2n) is 5.55. The molecule has 0 aliphatic heterocycles. The first-order valence-electron chi connectivity index (χ1n) is 6.64. The molecule has 0 aliphatic rings. The van der Waals surface area contributed by atoms with Crippen LogP contribution in [0.25, 0.3) is 0 Å². The van der Waals surface area contributed by atoms with Crippen LogP contribution in [0, 0.1) is 0 Å². The number of thiophene rings is 1. The van der Waals surface area contributed by atoms with E-state index < -0.39 is 0 Å². The van der Waals surface area contributed by atoms with E-state index in [0.717, 1.165) is 13.0 Å². The number of nitrogens with one attached hydrogen (secondary N) is 1. The van der Waals surface area contributed by atoms with E-state index in [1.165, 1.54) is 9.75 Å². The molecule has 1 aromatic rings. The summed E-state index contributed by atoms with van der Waals surface area (Å²) in [7, 11) is 0. The fraction of sp³-hybridized carbons (Fsp3) is 0.600. The summed E-state index contributed by atoms with van der Waals surface area (Å²) >= 11 is 1.88. The van der Waals surface area contributed by atoms with E-state index in [1.54, 1.807) is 0 Å². The molecule has 0 saturated carbocycles. The molecule has 0 aromatic carbocycles. The van der Waals surface area contributed by atoms with Crippen LogP contribution < -0.4 is 11.1 Å². The molecule has 102 valence electrons. The zero-order chi connectivity index (χ0) is 13.6. The van der Waals surface area contributed by atoms with Gasteiger partial charge < -0.3 is 11.1 Å². The molecule has 1 unspecified atom stereocenters. The number of hydrogen-bond acceptors (Lipinski definition) is 3. The first-order chi connectivity index (χ1) is 8.49. The van der Waals surface area contributed by atoms with Crippen molar-refractivity contribution in [2.75, 3.05) is 13.1 Å². The fourth-order valence-corrected chi connectivity index (χ4v) is 2.90. The molecular weight excluding hydrogens is 240 g/mol. The average Bonchev–Trinajstić information content (AvgIpc) is 2.78. The molecule has 0 saturated heterocycles. The van der Waals surface area contributed by atoms with Crippen LogP contribution in [0.4, 0.5) is 0 Å². The van der Waals surface area contributed by atoms with Crippen LogP contribution in [0.1, 0.15) is 49.9 Å². The van der Waals surface area contributed by atoms with Crippen LogP contribution in [0.15, 0.2) is 24.3 Å². The van der Waals surface area contributed by atoms with Crippen molar-refractivity contribution in [1.82, 2.24) is 5.32 Å². The Bertz CT molecular complexity index is 374. The molecule has 0 aliphatic carbocycles. The van der Waals surface area contributed by atoms with E-state index in [-0.39, 0.29) is 11.5 Å². The minimum atomic E-state index is 0.229. The van der Waals surface area contributed by atoms with Gasteiger partial charge in [-0.05, 0) is 37.4 Å². The highest BCUT2D eigenvalue weighted by Gasteiger charge is 2.18. The van der Waals surface area contributed by atoms with Gasteiger partial charge in [0, 0.05) is 16.3 Å². The average molecular weight is 266 g/mol. The van der Waals surface area contributed by atoms with Gasteiger partial charge in [0.1, 0.15) is 0 Å². The fourth-order valence-electron chi connectivity index (χ4n) is 1.75. The summed E-state index contributed by atoms with van der Waals surface area (Å²) in [6, 6.07) is 4.73. The third-order valence-corrected chi connectivity index (χ3v) is 4.51. The highest BCUT2D eigenvalue weighted by atomic mass is 32.1. The number of nitrogens with two attached hydrogens (primary N) is 1. The molecule has 0 bridgehead atoms. The Morgan fingerprint density at radius 3 is 2.61 bits per heavy atom. The van der Waals surface area contributed by atoms with Crippen LogP contribution in [0.5, 0.6) is 0 Å². The van der Waals surface area contributed by atoms with Crippen LogP contribution >= 0.6 is 11.3 Å². The van der Waals surface area contributed by atoms with E-state index in [4.69, 9.17) is 5.73 Å². The van der Waals surface area contributed by atoms with Crippen molar-refractivity contribution < 1.29 is 0 Å². The first kappa shape index (κ1) is 15.4. The molecule has 1 heterocycles. The lowest BCUT2D eigenvalue weighted by molar-refractivity contribution is 0.556. The van der Waals surface area contributed by atoms with Gasteiger partial charge in [-0.1, -0.05) is 32.9 Å². The normalized spacial score (nSPS) is 14.3. The van der Waals surface area contributed by atoms with Gasteiger partial charge in [-0.3, -0.25) is 0 Å². The Morgan fingerprint density at radius 2 is 2.11 bits per heavy atom. The lowest BCUT2D eigenvalue weighted by Crippen LogP contribution is -2.28. The maximum absolute atomic E-state index is 5.86. The van der Waals surface area contributed by atoms with E-state index in [0.29, 0.717) is 6.54 Å². The van der Waals surface area contributed by atoms with E-state index in [1.807, 2.05) is 11.3 Å². The molecule has 3 N–H and O–H groups in total. The van der Waals surface area contributed by atoms with Crippen LogP contribution in [0.3, 0.4) is 0 Å². The van der Waals surface area contributed by atoms with Crippen LogP contribution in [-0.2, 0) is 5.41 Å². The monoisotopic (exact) mass is 266 g/mol. The number of rotatable bonds is 6. The van der Waals surface area contributed by atoms with Crippen molar-refractivity contribution >= 4 is 11.3 Å². The van der Waals surface area contributed by atoms with Crippen molar-refractivity contribution in [3.05, 3.63) is 34.0 Å². The third kappa shape index (κ3) is 4.56. The quantitative estimate of drug-likeness (QED) is 0.610. The molecule has 1 rings (SSSR count). The van der Waals surface area contributed by atoms with Gasteiger partial charge in [0.2, 0.25) is 0 Å². The summed E-state index contributed by atoms with van der Waals surface area (Å²) in [5.41, 5.74) is 6.09. The van der Waals surface area contributed by atoms with Crippen LogP contribution in [-0.4, -0.2) is 13.1 Å². The summed E-state index contributed by atoms with van der Waals surface area (Å²) in [5.74, 6) is 0. The van der Waals surface area contributed by atoms with Crippen molar-refractivity contribution in [2.45, 2.75) is 45.6 Å². The molecule has 0 amide bonds. The predicted octanol–water partition coefficient (Wildman–Crippen LogP) is 3.60. The van der Waals surface area contributed by atoms with E-state index in [9.17, 15) is 0 Å². The van der Waals surface area contributed by atoms with Gasteiger partial charge in [-0.2, -0.15) is 0 Å². The maximum Gasteiger partial charge on any atom is 0.0539 e. The van der Waals surface area contributed by atoms with Crippen molar-refractivity contribution in [2.24, 2.45) is 5.73 Å². The lowest BCUT2D eigenvalue weighted by Gasteiger charge is -2.17. The molecule has 1 atom stereocenters. The maximum atomic E-state index is 5.86. The van der Waals surface area contributed by atoms with Crippen molar-refractivity contribution in [1.29, 1.82) is 0 Å². The highest BCUT2D eigenvalue weighted by molar-refractivity contribution is 7.12. The molecule has 0 fully saturated rings. The van der Waals surface area contributed by atoms with Crippen molar-refractivity contribution in [3.63, 3.8) is 0 Å². The molecular formula is C15H26N2S. The minimum absolute atomic E-state index is 0.229.